The van der Waals surface area contributed by atoms with E-state index in [2.05, 4.69) is 0 Å². The van der Waals surface area contributed by atoms with Crippen LogP contribution >= 0.6 is 0 Å². The Morgan fingerprint density at radius 3 is 2.54 bits per heavy atom. The van der Waals surface area contributed by atoms with Crippen LogP contribution in [0.5, 0.6) is 11.5 Å². The summed E-state index contributed by atoms with van der Waals surface area (Å²) in [4.78, 5) is 25.0. The van der Waals surface area contributed by atoms with Gasteiger partial charge in [0.1, 0.15) is 53.3 Å². The van der Waals surface area contributed by atoms with Gasteiger partial charge in [0.15, 0.2) is 5.78 Å². The zero-order valence-corrected chi connectivity index (χ0v) is 20.5. The van der Waals surface area contributed by atoms with Crippen LogP contribution in [0.3, 0.4) is 0 Å². The molecule has 37 heavy (non-hydrogen) atoms. The van der Waals surface area contributed by atoms with Crippen molar-refractivity contribution in [2.24, 2.45) is 17.6 Å². The zero-order chi connectivity index (χ0) is 27.3. The van der Waals surface area contributed by atoms with Gasteiger partial charge in [-0.2, -0.15) is 0 Å². The van der Waals surface area contributed by atoms with Gasteiger partial charge in [0.25, 0.3) is 0 Å². The average molecular weight is 520 g/mol. The van der Waals surface area contributed by atoms with E-state index in [1.54, 1.807) is 24.3 Å². The minimum Gasteiger partial charge on any atom is -0.507 e. The first-order valence-electron chi connectivity index (χ1n) is 11.9. The van der Waals surface area contributed by atoms with Crippen LogP contribution in [0, 0.1) is 11.8 Å². The summed E-state index contributed by atoms with van der Waals surface area (Å²) in [6.45, 7) is 2.99. The molecule has 7 N–H and O–H groups in total. The Bertz CT molecular complexity index is 1060. The number of ether oxygens (including phenoxy) is 3. The minimum absolute atomic E-state index is 0.0636. The summed E-state index contributed by atoms with van der Waals surface area (Å²) in [5, 5.41) is 49.8. The van der Waals surface area contributed by atoms with Crippen molar-refractivity contribution in [2.75, 3.05) is 6.61 Å². The van der Waals surface area contributed by atoms with Gasteiger partial charge >= 0.3 is 5.97 Å². The SMILES string of the molecule is CC(C)[C@H](N)C(=O)OC1=CCC(C=CC(=O)c2c(O)cccc2O[C@@H]2O[C@H](CO)[C@@H](O)[C@H](O)[C@H]2O)C=C1. The zero-order valence-electron chi connectivity index (χ0n) is 20.5. The van der Waals surface area contributed by atoms with E-state index in [-0.39, 0.29) is 28.9 Å². The molecule has 0 radical (unpaired) electrons. The summed E-state index contributed by atoms with van der Waals surface area (Å²) < 4.78 is 16.2. The number of esters is 1. The number of carbonyl (C=O) groups excluding carboxylic acids is 2. The summed E-state index contributed by atoms with van der Waals surface area (Å²) in [6, 6.07) is 3.33. The van der Waals surface area contributed by atoms with Gasteiger partial charge in [-0.05, 0) is 48.6 Å². The molecule has 1 aromatic carbocycles. The molecular formula is C26H33NO10. The first kappa shape index (κ1) is 28.5. The lowest BCUT2D eigenvalue weighted by molar-refractivity contribution is -0.277. The van der Waals surface area contributed by atoms with Crippen molar-refractivity contribution in [2.45, 2.75) is 57.0 Å². The lowest BCUT2D eigenvalue weighted by Crippen LogP contribution is -2.60. The molecule has 0 bridgehead atoms. The maximum Gasteiger partial charge on any atom is 0.328 e. The molecule has 11 nitrogen and oxygen atoms in total. The van der Waals surface area contributed by atoms with Gasteiger partial charge in [-0.15, -0.1) is 0 Å². The first-order chi connectivity index (χ1) is 17.5. The molecule has 1 fully saturated rings. The highest BCUT2D eigenvalue weighted by atomic mass is 16.7. The van der Waals surface area contributed by atoms with Crippen LogP contribution in [0.15, 0.2) is 54.3 Å². The smallest absolute Gasteiger partial charge is 0.328 e. The molecule has 2 aliphatic rings. The number of hydrogen-bond donors (Lipinski definition) is 6. The molecule has 0 saturated carbocycles. The van der Waals surface area contributed by atoms with Crippen LogP contribution in [-0.2, 0) is 14.3 Å². The number of benzene rings is 1. The normalized spacial score (nSPS) is 28.7. The molecule has 7 atom stereocenters. The number of ketones is 1. The lowest BCUT2D eigenvalue weighted by atomic mass is 9.98. The van der Waals surface area contributed by atoms with Crippen LogP contribution in [0.25, 0.3) is 0 Å². The van der Waals surface area contributed by atoms with Gasteiger partial charge in [-0.3, -0.25) is 4.79 Å². The van der Waals surface area contributed by atoms with E-state index in [9.17, 15) is 35.1 Å². The minimum atomic E-state index is -1.68. The van der Waals surface area contributed by atoms with E-state index >= 15 is 0 Å². The highest BCUT2D eigenvalue weighted by Gasteiger charge is 2.45. The van der Waals surface area contributed by atoms with Crippen LogP contribution in [-0.4, -0.2) is 80.6 Å². The number of aliphatic hydroxyl groups excluding tert-OH is 4. The third-order valence-corrected chi connectivity index (χ3v) is 6.14. The molecule has 1 aliphatic heterocycles. The second kappa shape index (κ2) is 12.5. The van der Waals surface area contributed by atoms with E-state index in [0.717, 1.165) is 0 Å². The van der Waals surface area contributed by atoms with E-state index in [1.807, 2.05) is 13.8 Å². The number of aromatic hydroxyl groups is 1. The summed E-state index contributed by atoms with van der Waals surface area (Å²) >= 11 is 0. The number of nitrogens with two attached hydrogens (primary N) is 1. The van der Waals surface area contributed by atoms with Crippen LogP contribution < -0.4 is 10.5 Å². The predicted octanol–water partition coefficient (Wildman–Crippen LogP) is 0.296. The maximum absolute atomic E-state index is 13.0. The Kier molecular flexibility index (Phi) is 9.60. The Morgan fingerprint density at radius 2 is 1.92 bits per heavy atom. The number of hydrogen-bond acceptors (Lipinski definition) is 11. The summed E-state index contributed by atoms with van der Waals surface area (Å²) in [5.41, 5.74) is 5.59. The average Bonchev–Trinajstić information content (AvgIpc) is 2.87. The van der Waals surface area contributed by atoms with Gasteiger partial charge < -0.3 is 45.5 Å². The maximum atomic E-state index is 13.0. The number of allylic oxidation sites excluding steroid dienone is 5. The molecule has 1 aliphatic carbocycles. The second-order valence-corrected chi connectivity index (χ2v) is 9.24. The molecule has 1 unspecified atom stereocenters. The van der Waals surface area contributed by atoms with Crippen molar-refractivity contribution in [3.8, 4) is 11.5 Å². The number of rotatable bonds is 9. The number of aliphatic hydroxyl groups is 4. The molecule has 0 spiro atoms. The number of phenolic OH excluding ortho intramolecular Hbond substituents is 1. The third kappa shape index (κ3) is 6.83. The Morgan fingerprint density at radius 1 is 1.19 bits per heavy atom. The molecule has 202 valence electrons. The van der Waals surface area contributed by atoms with Crippen LogP contribution in [0.1, 0.15) is 30.6 Å². The summed E-state index contributed by atoms with van der Waals surface area (Å²) in [6.07, 6.45) is 0.751. The van der Waals surface area contributed by atoms with Crippen molar-refractivity contribution in [3.63, 3.8) is 0 Å². The van der Waals surface area contributed by atoms with Crippen LogP contribution in [0.2, 0.25) is 0 Å². The fraction of sp³-hybridized carbons (Fsp3) is 0.462. The third-order valence-electron chi connectivity index (χ3n) is 6.14. The van der Waals surface area contributed by atoms with Gasteiger partial charge in [-0.25, -0.2) is 4.79 Å². The van der Waals surface area contributed by atoms with Crippen molar-refractivity contribution in [1.82, 2.24) is 0 Å². The molecule has 0 aromatic heterocycles. The molecular weight excluding hydrogens is 486 g/mol. The largest absolute Gasteiger partial charge is 0.507 e. The van der Waals surface area contributed by atoms with Gasteiger partial charge in [0.2, 0.25) is 6.29 Å². The predicted molar refractivity (Wildman–Crippen MR) is 130 cm³/mol. The topological polar surface area (TPSA) is 189 Å². The summed E-state index contributed by atoms with van der Waals surface area (Å²) in [5.74, 6) is -1.53. The van der Waals surface area contributed by atoms with Gasteiger partial charge in [0, 0.05) is 0 Å². The monoisotopic (exact) mass is 519 g/mol. The highest BCUT2D eigenvalue weighted by molar-refractivity contribution is 6.08. The summed E-state index contributed by atoms with van der Waals surface area (Å²) in [7, 11) is 0. The van der Waals surface area contributed by atoms with E-state index in [1.165, 1.54) is 24.3 Å². The van der Waals surface area contributed by atoms with Gasteiger partial charge in [0.05, 0.1) is 6.61 Å². The van der Waals surface area contributed by atoms with E-state index in [4.69, 9.17) is 19.9 Å². The first-order valence-corrected chi connectivity index (χ1v) is 11.9. The molecule has 11 heteroatoms. The number of carbonyl (C=O) groups is 2. The Labute approximate surface area is 214 Å². The molecule has 0 amide bonds. The molecule has 1 saturated heterocycles. The van der Waals surface area contributed by atoms with Gasteiger partial charge in [-0.1, -0.05) is 32.1 Å². The Hall–Kier alpha value is -3.06. The standard InChI is InChI=1S/C26H33NO10/c1-13(2)21(27)25(34)35-15-9-6-14(7-10-15)8-11-17(30)20-16(29)4-3-5-18(20)36-26-24(33)23(32)22(31)19(12-28)37-26/h3-6,8-11,13-14,19,21-24,26,28-29,31-33H,7,12,27H2,1-2H3/t14?,19-,21+,22-,23+,24-,26-/m1/s1. The van der Waals surface area contributed by atoms with Crippen molar-refractivity contribution < 1.29 is 49.3 Å². The Balaban J connectivity index is 1.68. The van der Waals surface area contributed by atoms with Crippen molar-refractivity contribution in [1.29, 1.82) is 0 Å². The quantitative estimate of drug-likeness (QED) is 0.149. The lowest BCUT2D eigenvalue weighted by Gasteiger charge is -2.39. The fourth-order valence-corrected chi connectivity index (χ4v) is 3.74. The van der Waals surface area contributed by atoms with Crippen molar-refractivity contribution in [3.05, 3.63) is 59.9 Å². The number of phenols is 1. The molecule has 1 aromatic rings. The van der Waals surface area contributed by atoms with Crippen LogP contribution in [0.4, 0.5) is 0 Å². The highest BCUT2D eigenvalue weighted by Crippen LogP contribution is 2.32. The van der Waals surface area contributed by atoms with Crippen molar-refractivity contribution >= 4 is 11.8 Å². The van der Waals surface area contributed by atoms with E-state index in [0.29, 0.717) is 12.2 Å². The fourth-order valence-electron chi connectivity index (χ4n) is 3.74. The molecule has 3 rings (SSSR count). The molecule has 1 heterocycles. The van der Waals surface area contributed by atoms with E-state index < -0.39 is 55.1 Å². The second-order valence-electron chi connectivity index (χ2n) is 9.24.